The molecule has 3 aromatic rings. The van der Waals surface area contributed by atoms with E-state index >= 15 is 0 Å². The summed E-state index contributed by atoms with van der Waals surface area (Å²) < 4.78 is 5.58. The second-order valence-corrected chi connectivity index (χ2v) is 6.19. The Labute approximate surface area is 161 Å². The molecule has 0 aliphatic carbocycles. The summed E-state index contributed by atoms with van der Waals surface area (Å²) in [5.41, 5.74) is 7.26. The van der Waals surface area contributed by atoms with Crippen LogP contribution in [0, 0.1) is 0 Å². The lowest BCUT2D eigenvalue weighted by Crippen LogP contribution is -2.28. The van der Waals surface area contributed by atoms with E-state index in [4.69, 9.17) is 21.8 Å². The first kappa shape index (κ1) is 18.7. The molecule has 138 valence electrons. The highest BCUT2D eigenvalue weighted by Gasteiger charge is 2.12. The van der Waals surface area contributed by atoms with Crippen molar-refractivity contribution in [3.63, 3.8) is 0 Å². The largest absolute Gasteiger partial charge is 0.451 e. The summed E-state index contributed by atoms with van der Waals surface area (Å²) in [6, 6.07) is 17.2. The van der Waals surface area contributed by atoms with Crippen molar-refractivity contribution in [1.82, 2.24) is 5.32 Å². The molecule has 0 fully saturated rings. The quantitative estimate of drug-likeness (QED) is 0.606. The van der Waals surface area contributed by atoms with Crippen molar-refractivity contribution >= 4 is 29.1 Å². The predicted octanol–water partition coefficient (Wildman–Crippen LogP) is 3.54. The smallest absolute Gasteiger partial charge is 0.287 e. The molecule has 0 atom stereocenters. The number of rotatable bonds is 6. The van der Waals surface area contributed by atoms with Crippen LogP contribution in [-0.2, 0) is 0 Å². The molecule has 27 heavy (non-hydrogen) atoms. The number of nitrogens with one attached hydrogen (secondary N) is 2. The zero-order valence-electron chi connectivity index (χ0n) is 14.4. The lowest BCUT2D eigenvalue weighted by atomic mass is 10.1. The minimum absolute atomic E-state index is 0.219. The second kappa shape index (κ2) is 8.53. The van der Waals surface area contributed by atoms with E-state index in [9.17, 15) is 9.59 Å². The van der Waals surface area contributed by atoms with E-state index in [1.807, 2.05) is 0 Å². The van der Waals surface area contributed by atoms with Gasteiger partial charge in [0, 0.05) is 34.9 Å². The molecule has 2 aromatic carbocycles. The summed E-state index contributed by atoms with van der Waals surface area (Å²) in [7, 11) is 0. The Balaban J connectivity index is 1.68. The van der Waals surface area contributed by atoms with E-state index < -0.39 is 0 Å². The molecule has 3 rings (SSSR count). The SMILES string of the molecule is NCCNC(=O)c1ccc(-c2ccc(NC(=O)c3cccc(Cl)c3)cc2)o1. The van der Waals surface area contributed by atoms with Crippen LogP contribution in [0.25, 0.3) is 11.3 Å². The molecule has 0 aliphatic rings. The molecule has 1 heterocycles. The Bertz CT molecular complexity index is 951. The number of amides is 2. The molecule has 4 N–H and O–H groups in total. The van der Waals surface area contributed by atoms with Gasteiger partial charge in [-0.05, 0) is 54.6 Å². The third kappa shape index (κ3) is 4.75. The first-order chi connectivity index (χ1) is 13.1. The third-order valence-corrected chi connectivity index (χ3v) is 4.01. The Morgan fingerprint density at radius 2 is 1.78 bits per heavy atom. The highest BCUT2D eigenvalue weighted by atomic mass is 35.5. The van der Waals surface area contributed by atoms with Crippen LogP contribution in [0.1, 0.15) is 20.9 Å². The fourth-order valence-corrected chi connectivity index (χ4v) is 2.63. The van der Waals surface area contributed by atoms with Crippen LogP contribution >= 0.6 is 11.6 Å². The van der Waals surface area contributed by atoms with Gasteiger partial charge in [-0.25, -0.2) is 0 Å². The molecule has 0 unspecified atom stereocenters. The van der Waals surface area contributed by atoms with Crippen LogP contribution in [0.5, 0.6) is 0 Å². The molecule has 0 radical (unpaired) electrons. The van der Waals surface area contributed by atoms with Gasteiger partial charge in [0.15, 0.2) is 5.76 Å². The summed E-state index contributed by atoms with van der Waals surface area (Å²) in [6.45, 7) is 0.748. The van der Waals surface area contributed by atoms with E-state index in [1.165, 1.54) is 0 Å². The van der Waals surface area contributed by atoms with Gasteiger partial charge in [-0.3, -0.25) is 9.59 Å². The zero-order valence-corrected chi connectivity index (χ0v) is 15.1. The van der Waals surface area contributed by atoms with Gasteiger partial charge in [-0.2, -0.15) is 0 Å². The Morgan fingerprint density at radius 3 is 2.48 bits per heavy atom. The van der Waals surface area contributed by atoms with Crippen molar-refractivity contribution in [3.05, 3.63) is 77.0 Å². The minimum atomic E-state index is -0.308. The van der Waals surface area contributed by atoms with Crippen LogP contribution in [0.15, 0.2) is 65.1 Å². The lowest BCUT2D eigenvalue weighted by molar-refractivity contribution is 0.0927. The number of nitrogens with two attached hydrogens (primary N) is 1. The van der Waals surface area contributed by atoms with Crippen LogP contribution in [0.4, 0.5) is 5.69 Å². The van der Waals surface area contributed by atoms with Crippen molar-refractivity contribution in [3.8, 4) is 11.3 Å². The topological polar surface area (TPSA) is 97.4 Å². The molecule has 0 aliphatic heterocycles. The van der Waals surface area contributed by atoms with Crippen LogP contribution < -0.4 is 16.4 Å². The van der Waals surface area contributed by atoms with Gasteiger partial charge in [0.25, 0.3) is 11.8 Å². The standard InChI is InChI=1S/C20H18ClN3O3/c21-15-3-1-2-14(12-15)19(25)24-16-6-4-13(5-7-16)17-8-9-18(27-17)20(26)23-11-10-22/h1-9,12H,10-11,22H2,(H,23,26)(H,24,25). The molecule has 2 amide bonds. The number of carbonyl (C=O) groups excluding carboxylic acids is 2. The average molecular weight is 384 g/mol. The number of anilines is 1. The van der Waals surface area contributed by atoms with Gasteiger partial charge in [0.1, 0.15) is 5.76 Å². The molecule has 0 saturated carbocycles. The van der Waals surface area contributed by atoms with E-state index in [1.54, 1.807) is 60.7 Å². The summed E-state index contributed by atoms with van der Waals surface area (Å²) in [5.74, 6) is 0.219. The Hall–Kier alpha value is -3.09. The van der Waals surface area contributed by atoms with Crippen molar-refractivity contribution in [2.75, 3.05) is 18.4 Å². The molecular weight excluding hydrogens is 366 g/mol. The van der Waals surface area contributed by atoms with Gasteiger partial charge in [0.2, 0.25) is 0 Å². The molecular formula is C20H18ClN3O3. The molecule has 6 nitrogen and oxygen atoms in total. The monoisotopic (exact) mass is 383 g/mol. The Kier molecular flexibility index (Phi) is 5.90. The highest BCUT2D eigenvalue weighted by molar-refractivity contribution is 6.31. The number of benzene rings is 2. The fraction of sp³-hybridized carbons (Fsp3) is 0.100. The summed E-state index contributed by atoms with van der Waals surface area (Å²) in [6.07, 6.45) is 0. The maximum Gasteiger partial charge on any atom is 0.287 e. The first-order valence-corrected chi connectivity index (χ1v) is 8.70. The average Bonchev–Trinajstić information content (AvgIpc) is 3.17. The molecule has 1 aromatic heterocycles. The van der Waals surface area contributed by atoms with Crippen molar-refractivity contribution in [1.29, 1.82) is 0 Å². The second-order valence-electron chi connectivity index (χ2n) is 5.75. The minimum Gasteiger partial charge on any atom is -0.451 e. The van der Waals surface area contributed by atoms with Crippen molar-refractivity contribution in [2.24, 2.45) is 5.73 Å². The van der Waals surface area contributed by atoms with Crippen molar-refractivity contribution in [2.45, 2.75) is 0 Å². The maximum atomic E-state index is 12.2. The zero-order chi connectivity index (χ0) is 19.2. The lowest BCUT2D eigenvalue weighted by Gasteiger charge is -2.06. The van der Waals surface area contributed by atoms with E-state index in [0.717, 1.165) is 5.56 Å². The number of halogens is 1. The highest BCUT2D eigenvalue weighted by Crippen LogP contribution is 2.24. The van der Waals surface area contributed by atoms with Gasteiger partial charge < -0.3 is 20.8 Å². The molecule has 0 spiro atoms. The van der Waals surface area contributed by atoms with Crippen LogP contribution in [0.2, 0.25) is 5.02 Å². The number of carbonyl (C=O) groups is 2. The van der Waals surface area contributed by atoms with E-state index in [0.29, 0.717) is 35.1 Å². The van der Waals surface area contributed by atoms with Crippen molar-refractivity contribution < 1.29 is 14.0 Å². The predicted molar refractivity (Wildman–Crippen MR) is 105 cm³/mol. The van der Waals surface area contributed by atoms with Gasteiger partial charge >= 0.3 is 0 Å². The summed E-state index contributed by atoms with van der Waals surface area (Å²) in [4.78, 5) is 24.1. The molecule has 0 bridgehead atoms. The first-order valence-electron chi connectivity index (χ1n) is 8.32. The fourth-order valence-electron chi connectivity index (χ4n) is 2.44. The van der Waals surface area contributed by atoms with E-state index in [2.05, 4.69) is 10.6 Å². The van der Waals surface area contributed by atoms with Crippen LogP contribution in [0.3, 0.4) is 0 Å². The Morgan fingerprint density at radius 1 is 1.00 bits per heavy atom. The van der Waals surface area contributed by atoms with Gasteiger partial charge in [0.05, 0.1) is 0 Å². The number of furan rings is 1. The molecule has 0 saturated heterocycles. The normalized spacial score (nSPS) is 10.4. The van der Waals surface area contributed by atoms with Crippen LogP contribution in [-0.4, -0.2) is 24.9 Å². The van der Waals surface area contributed by atoms with E-state index in [-0.39, 0.29) is 17.6 Å². The van der Waals surface area contributed by atoms with Gasteiger partial charge in [-0.15, -0.1) is 0 Å². The maximum absolute atomic E-state index is 12.2. The third-order valence-electron chi connectivity index (χ3n) is 3.77. The summed E-state index contributed by atoms with van der Waals surface area (Å²) >= 11 is 5.91. The summed E-state index contributed by atoms with van der Waals surface area (Å²) in [5, 5.41) is 5.96. The molecule has 7 heteroatoms. The van der Waals surface area contributed by atoms with Gasteiger partial charge in [-0.1, -0.05) is 17.7 Å². The number of hydrogen-bond donors (Lipinski definition) is 3. The number of hydrogen-bond acceptors (Lipinski definition) is 4.